The van der Waals surface area contributed by atoms with Crippen molar-refractivity contribution in [2.75, 3.05) is 6.54 Å². The Hall–Kier alpha value is -1.26. The Balaban J connectivity index is 2.22. The number of nitrogens with one attached hydrogen (secondary N) is 1. The van der Waals surface area contributed by atoms with Gasteiger partial charge in [-0.3, -0.25) is 4.98 Å². The molecule has 0 atom stereocenters. The number of rotatable bonds is 4. The van der Waals surface area contributed by atoms with E-state index < -0.39 is 0 Å². The van der Waals surface area contributed by atoms with Crippen molar-refractivity contribution in [2.24, 2.45) is 0 Å². The summed E-state index contributed by atoms with van der Waals surface area (Å²) in [6.45, 7) is 6.04. The number of hydrogen-bond donors (Lipinski definition) is 1. The number of hydrogen-bond acceptors (Lipinski definition) is 4. The first-order chi connectivity index (χ1) is 7.81. The third-order valence-electron chi connectivity index (χ3n) is 2.31. The van der Waals surface area contributed by atoms with E-state index in [9.17, 15) is 0 Å². The Morgan fingerprint density at radius 3 is 3.00 bits per heavy atom. The van der Waals surface area contributed by atoms with Gasteiger partial charge in [0.15, 0.2) is 0 Å². The second kappa shape index (κ2) is 5.18. The molecule has 0 unspecified atom stereocenters. The van der Waals surface area contributed by atoms with Gasteiger partial charge in [0.1, 0.15) is 10.7 Å². The molecule has 2 aromatic rings. The van der Waals surface area contributed by atoms with Gasteiger partial charge in [0.25, 0.3) is 0 Å². The van der Waals surface area contributed by atoms with E-state index in [2.05, 4.69) is 35.2 Å². The summed E-state index contributed by atoms with van der Waals surface area (Å²) in [5, 5.41) is 4.30. The van der Waals surface area contributed by atoms with Crippen LogP contribution >= 0.6 is 11.3 Å². The number of aryl methyl sites for hydroxylation is 1. The second-order valence-electron chi connectivity index (χ2n) is 3.58. The molecule has 4 heteroatoms. The topological polar surface area (TPSA) is 37.8 Å². The first-order valence-electron chi connectivity index (χ1n) is 5.38. The van der Waals surface area contributed by atoms with Crippen molar-refractivity contribution >= 4 is 11.3 Å². The summed E-state index contributed by atoms with van der Waals surface area (Å²) >= 11 is 1.70. The molecule has 0 saturated heterocycles. The van der Waals surface area contributed by atoms with Gasteiger partial charge in [0.2, 0.25) is 0 Å². The summed E-state index contributed by atoms with van der Waals surface area (Å²) in [5.74, 6) is 0. The van der Waals surface area contributed by atoms with Crippen molar-refractivity contribution in [3.05, 3.63) is 35.0 Å². The molecule has 0 saturated carbocycles. The van der Waals surface area contributed by atoms with E-state index in [1.54, 1.807) is 11.3 Å². The molecule has 0 aliphatic heterocycles. The summed E-state index contributed by atoms with van der Waals surface area (Å²) in [6.07, 6.45) is 3.74. The molecule has 0 bridgehead atoms. The number of pyridine rings is 1. The second-order valence-corrected chi connectivity index (χ2v) is 4.70. The first kappa shape index (κ1) is 11.2. The van der Waals surface area contributed by atoms with Crippen LogP contribution in [0.1, 0.15) is 17.4 Å². The molecule has 2 heterocycles. The minimum absolute atomic E-state index is 0.889. The zero-order chi connectivity index (χ0) is 11.4. The zero-order valence-corrected chi connectivity index (χ0v) is 10.3. The van der Waals surface area contributed by atoms with Crippen molar-refractivity contribution in [1.29, 1.82) is 0 Å². The monoisotopic (exact) mass is 233 g/mol. The largest absolute Gasteiger partial charge is 0.312 e. The van der Waals surface area contributed by atoms with E-state index in [0.29, 0.717) is 0 Å². The lowest BCUT2D eigenvalue weighted by Crippen LogP contribution is -2.10. The van der Waals surface area contributed by atoms with Crippen LogP contribution in [0.5, 0.6) is 0 Å². The fraction of sp³-hybridized carbons (Fsp3) is 0.333. The van der Waals surface area contributed by atoms with Crippen LogP contribution in [-0.4, -0.2) is 16.5 Å². The molecule has 84 valence electrons. The predicted octanol–water partition coefficient (Wildman–Crippen LogP) is 2.62. The van der Waals surface area contributed by atoms with Gasteiger partial charge in [0, 0.05) is 23.8 Å². The van der Waals surface area contributed by atoms with Crippen LogP contribution < -0.4 is 5.32 Å². The number of nitrogens with zero attached hydrogens (tertiary/aromatic N) is 2. The lowest BCUT2D eigenvalue weighted by atomic mass is 10.2. The molecule has 0 aromatic carbocycles. The van der Waals surface area contributed by atoms with Crippen LogP contribution in [-0.2, 0) is 6.54 Å². The molecule has 2 aromatic heterocycles. The van der Waals surface area contributed by atoms with Crippen molar-refractivity contribution in [3.8, 4) is 10.7 Å². The smallest absolute Gasteiger partial charge is 0.142 e. The summed E-state index contributed by atoms with van der Waals surface area (Å²) < 4.78 is 0. The molecule has 0 spiro atoms. The van der Waals surface area contributed by atoms with Crippen LogP contribution in [0.4, 0.5) is 0 Å². The van der Waals surface area contributed by atoms with Crippen LogP contribution in [0.15, 0.2) is 24.5 Å². The van der Waals surface area contributed by atoms with E-state index >= 15 is 0 Å². The highest BCUT2D eigenvalue weighted by Crippen LogP contribution is 2.25. The van der Waals surface area contributed by atoms with Crippen LogP contribution in [0.25, 0.3) is 10.7 Å². The van der Waals surface area contributed by atoms with Crippen LogP contribution in [0, 0.1) is 6.92 Å². The van der Waals surface area contributed by atoms with Gasteiger partial charge in [-0.05, 0) is 25.1 Å². The van der Waals surface area contributed by atoms with Gasteiger partial charge in [-0.1, -0.05) is 13.0 Å². The Bertz CT molecular complexity index is 465. The van der Waals surface area contributed by atoms with E-state index in [1.807, 2.05) is 18.5 Å². The first-order valence-corrected chi connectivity index (χ1v) is 6.20. The predicted molar refractivity (Wildman–Crippen MR) is 67.5 cm³/mol. The molecule has 3 nitrogen and oxygen atoms in total. The quantitative estimate of drug-likeness (QED) is 0.882. The highest BCUT2D eigenvalue weighted by Gasteiger charge is 2.07. The van der Waals surface area contributed by atoms with E-state index in [4.69, 9.17) is 0 Å². The Labute approximate surface area is 99.6 Å². The fourth-order valence-electron chi connectivity index (χ4n) is 1.46. The SMILES string of the molecule is CCNCc1cnc(-c2ncccc2C)s1. The summed E-state index contributed by atoms with van der Waals surface area (Å²) in [4.78, 5) is 10.0. The molecule has 0 aliphatic carbocycles. The fourth-order valence-corrected chi connectivity index (χ4v) is 2.40. The maximum absolute atomic E-state index is 4.42. The molecule has 16 heavy (non-hydrogen) atoms. The van der Waals surface area contributed by atoms with Crippen molar-refractivity contribution in [1.82, 2.24) is 15.3 Å². The molecule has 1 N–H and O–H groups in total. The van der Waals surface area contributed by atoms with Crippen molar-refractivity contribution in [2.45, 2.75) is 20.4 Å². The highest BCUT2D eigenvalue weighted by molar-refractivity contribution is 7.15. The molecule has 2 rings (SSSR count). The van der Waals surface area contributed by atoms with Crippen molar-refractivity contribution < 1.29 is 0 Å². The average molecular weight is 233 g/mol. The summed E-state index contributed by atoms with van der Waals surface area (Å²) in [7, 11) is 0. The van der Waals surface area contributed by atoms with E-state index in [1.165, 1.54) is 10.4 Å². The normalized spacial score (nSPS) is 10.6. The molecule has 0 amide bonds. The molecular weight excluding hydrogens is 218 g/mol. The highest BCUT2D eigenvalue weighted by atomic mass is 32.1. The lowest BCUT2D eigenvalue weighted by molar-refractivity contribution is 0.734. The maximum atomic E-state index is 4.42. The minimum Gasteiger partial charge on any atom is -0.312 e. The number of thiazole rings is 1. The van der Waals surface area contributed by atoms with Gasteiger partial charge < -0.3 is 5.32 Å². The Kier molecular flexibility index (Phi) is 3.64. The molecular formula is C12H15N3S. The third kappa shape index (κ3) is 2.46. The van der Waals surface area contributed by atoms with Crippen LogP contribution in [0.2, 0.25) is 0 Å². The number of aromatic nitrogens is 2. The maximum Gasteiger partial charge on any atom is 0.142 e. The summed E-state index contributed by atoms with van der Waals surface area (Å²) in [5.41, 5.74) is 2.17. The standard InChI is InChI=1S/C12H15N3S/c1-3-13-7-10-8-15-12(16-10)11-9(2)5-4-6-14-11/h4-6,8,13H,3,7H2,1-2H3. The molecule has 0 aliphatic rings. The average Bonchev–Trinajstić information content (AvgIpc) is 2.75. The van der Waals surface area contributed by atoms with Crippen molar-refractivity contribution in [3.63, 3.8) is 0 Å². The lowest BCUT2D eigenvalue weighted by Gasteiger charge is -1.99. The van der Waals surface area contributed by atoms with Gasteiger partial charge in [-0.2, -0.15) is 0 Å². The van der Waals surface area contributed by atoms with Gasteiger partial charge >= 0.3 is 0 Å². The van der Waals surface area contributed by atoms with Gasteiger partial charge in [-0.15, -0.1) is 11.3 Å². The molecule has 0 radical (unpaired) electrons. The zero-order valence-electron chi connectivity index (χ0n) is 9.53. The Morgan fingerprint density at radius 1 is 1.38 bits per heavy atom. The Morgan fingerprint density at radius 2 is 2.25 bits per heavy atom. The van der Waals surface area contributed by atoms with E-state index in [-0.39, 0.29) is 0 Å². The van der Waals surface area contributed by atoms with Gasteiger partial charge in [-0.25, -0.2) is 4.98 Å². The van der Waals surface area contributed by atoms with Crippen LogP contribution in [0.3, 0.4) is 0 Å². The molecule has 0 fully saturated rings. The van der Waals surface area contributed by atoms with Gasteiger partial charge in [0.05, 0.1) is 0 Å². The third-order valence-corrected chi connectivity index (χ3v) is 3.32. The van der Waals surface area contributed by atoms with E-state index in [0.717, 1.165) is 23.8 Å². The summed E-state index contributed by atoms with van der Waals surface area (Å²) in [6, 6.07) is 4.01. The minimum atomic E-state index is 0.889.